The maximum absolute atomic E-state index is 10.1. The van der Waals surface area contributed by atoms with Gasteiger partial charge in [0.05, 0.1) is 20.3 Å². The number of hydrogen-bond acceptors (Lipinski definition) is 4. The quantitative estimate of drug-likeness (QED) is 0.827. The van der Waals surface area contributed by atoms with Gasteiger partial charge in [-0.25, -0.2) is 0 Å². The van der Waals surface area contributed by atoms with Crippen molar-refractivity contribution in [2.75, 3.05) is 27.3 Å². The van der Waals surface area contributed by atoms with Gasteiger partial charge in [-0.15, -0.1) is 0 Å². The van der Waals surface area contributed by atoms with Crippen LogP contribution >= 0.6 is 0 Å². The Morgan fingerprint density at radius 1 is 1.24 bits per heavy atom. The molecule has 2 atom stereocenters. The van der Waals surface area contributed by atoms with Gasteiger partial charge in [0.25, 0.3) is 0 Å². The number of ether oxygens (including phenoxy) is 2. The van der Waals surface area contributed by atoms with Gasteiger partial charge in [0.15, 0.2) is 0 Å². The van der Waals surface area contributed by atoms with E-state index in [9.17, 15) is 5.11 Å². The van der Waals surface area contributed by atoms with Crippen LogP contribution in [0.25, 0.3) is 0 Å². The molecule has 0 aromatic heterocycles. The van der Waals surface area contributed by atoms with Crippen LogP contribution in [-0.2, 0) is 0 Å². The molecule has 4 nitrogen and oxygen atoms in total. The van der Waals surface area contributed by atoms with Gasteiger partial charge >= 0.3 is 0 Å². The average Bonchev–Trinajstić information content (AvgIpc) is 2.38. The topological polar surface area (TPSA) is 50.7 Å². The first-order valence-electron chi connectivity index (χ1n) is 5.87. The molecule has 0 spiro atoms. The Balaban J connectivity index is 2.40. The Morgan fingerprint density at radius 3 is 2.41 bits per heavy atom. The average molecular weight is 237 g/mol. The van der Waals surface area contributed by atoms with Gasteiger partial charge in [-0.1, -0.05) is 6.07 Å². The van der Waals surface area contributed by atoms with Crippen molar-refractivity contribution in [2.45, 2.75) is 18.4 Å². The van der Waals surface area contributed by atoms with Crippen molar-refractivity contribution in [3.05, 3.63) is 23.8 Å². The van der Waals surface area contributed by atoms with E-state index in [2.05, 4.69) is 5.32 Å². The summed E-state index contributed by atoms with van der Waals surface area (Å²) in [5.74, 6) is 1.65. The van der Waals surface area contributed by atoms with Crippen molar-refractivity contribution in [1.29, 1.82) is 0 Å². The molecule has 0 amide bonds. The van der Waals surface area contributed by atoms with Crippen LogP contribution in [0, 0.1) is 0 Å². The highest BCUT2D eigenvalue weighted by Crippen LogP contribution is 2.39. The normalized spacial score (nSPS) is 24.4. The highest BCUT2D eigenvalue weighted by molar-refractivity contribution is 5.48. The third-order valence-electron chi connectivity index (χ3n) is 3.29. The van der Waals surface area contributed by atoms with Crippen molar-refractivity contribution >= 4 is 0 Å². The Kier molecular flexibility index (Phi) is 3.86. The second-order valence-corrected chi connectivity index (χ2v) is 4.24. The fourth-order valence-corrected chi connectivity index (χ4v) is 2.42. The van der Waals surface area contributed by atoms with Crippen LogP contribution in [0.1, 0.15) is 17.9 Å². The molecule has 1 fully saturated rings. The summed E-state index contributed by atoms with van der Waals surface area (Å²) < 4.78 is 10.8. The van der Waals surface area contributed by atoms with E-state index in [0.717, 1.165) is 30.0 Å². The number of nitrogens with one attached hydrogen (secondary N) is 1. The van der Waals surface area contributed by atoms with E-state index >= 15 is 0 Å². The second-order valence-electron chi connectivity index (χ2n) is 4.24. The molecule has 1 saturated heterocycles. The minimum absolute atomic E-state index is 0.0716. The Morgan fingerprint density at radius 2 is 1.88 bits per heavy atom. The minimum Gasteiger partial charge on any atom is -0.496 e. The number of β-amino-alcohol motifs (C(OH)–C–C–N with tert-alkyl or cyclic N) is 1. The van der Waals surface area contributed by atoms with Crippen molar-refractivity contribution in [3.63, 3.8) is 0 Å². The van der Waals surface area contributed by atoms with Gasteiger partial charge in [0.2, 0.25) is 0 Å². The van der Waals surface area contributed by atoms with Gasteiger partial charge < -0.3 is 19.9 Å². The van der Waals surface area contributed by atoms with Crippen LogP contribution in [0.3, 0.4) is 0 Å². The highest BCUT2D eigenvalue weighted by atomic mass is 16.5. The van der Waals surface area contributed by atoms with E-state index in [0.29, 0.717) is 6.54 Å². The predicted molar refractivity (Wildman–Crippen MR) is 65.8 cm³/mol. The molecule has 1 heterocycles. The molecule has 94 valence electrons. The first-order chi connectivity index (χ1) is 8.27. The fourth-order valence-electron chi connectivity index (χ4n) is 2.42. The van der Waals surface area contributed by atoms with Crippen LogP contribution < -0.4 is 14.8 Å². The van der Waals surface area contributed by atoms with Gasteiger partial charge in [-0.05, 0) is 25.1 Å². The summed E-state index contributed by atoms with van der Waals surface area (Å²) in [5, 5.41) is 13.3. The molecular formula is C13H19NO3. The van der Waals surface area contributed by atoms with Gasteiger partial charge in [0.1, 0.15) is 11.5 Å². The van der Waals surface area contributed by atoms with E-state index in [1.54, 1.807) is 14.2 Å². The number of hydrogen-bond donors (Lipinski definition) is 2. The zero-order valence-electron chi connectivity index (χ0n) is 10.3. The largest absolute Gasteiger partial charge is 0.496 e. The van der Waals surface area contributed by atoms with Gasteiger partial charge in [-0.3, -0.25) is 0 Å². The molecule has 0 radical (unpaired) electrons. The monoisotopic (exact) mass is 237 g/mol. The Hall–Kier alpha value is -1.26. The van der Waals surface area contributed by atoms with Crippen molar-refractivity contribution in [1.82, 2.24) is 5.32 Å². The van der Waals surface area contributed by atoms with E-state index in [-0.39, 0.29) is 5.92 Å². The van der Waals surface area contributed by atoms with Gasteiger partial charge in [-0.2, -0.15) is 0 Å². The van der Waals surface area contributed by atoms with E-state index < -0.39 is 6.10 Å². The molecule has 2 rings (SSSR count). The summed E-state index contributed by atoms with van der Waals surface area (Å²) in [6.07, 6.45) is 0.492. The zero-order chi connectivity index (χ0) is 12.3. The molecule has 2 N–H and O–H groups in total. The molecule has 17 heavy (non-hydrogen) atoms. The molecule has 0 saturated carbocycles. The Bertz CT molecular complexity index is 359. The lowest BCUT2D eigenvalue weighted by Gasteiger charge is -2.30. The highest BCUT2D eigenvalue weighted by Gasteiger charge is 2.29. The smallest absolute Gasteiger partial charge is 0.126 e. The zero-order valence-corrected chi connectivity index (χ0v) is 10.3. The maximum Gasteiger partial charge on any atom is 0.126 e. The maximum atomic E-state index is 10.1. The minimum atomic E-state index is -0.394. The summed E-state index contributed by atoms with van der Waals surface area (Å²) in [7, 11) is 3.29. The SMILES string of the molecule is COc1cccc(OC)c1C1CCNCC1O. The van der Waals surface area contributed by atoms with Crippen molar-refractivity contribution in [2.24, 2.45) is 0 Å². The standard InChI is InChI=1S/C13H19NO3/c1-16-11-4-3-5-12(17-2)13(11)9-6-7-14-8-10(9)15/h3-5,9-10,14-15H,6-8H2,1-2H3. The van der Waals surface area contributed by atoms with Crippen LogP contribution in [0.4, 0.5) is 0 Å². The number of aliphatic hydroxyl groups excluding tert-OH is 1. The van der Waals surface area contributed by atoms with Crippen molar-refractivity contribution < 1.29 is 14.6 Å². The molecule has 1 aromatic rings. The molecule has 2 unspecified atom stereocenters. The summed E-state index contributed by atoms with van der Waals surface area (Å²) in [6.45, 7) is 1.52. The summed E-state index contributed by atoms with van der Waals surface area (Å²) in [6, 6.07) is 5.72. The third-order valence-corrected chi connectivity index (χ3v) is 3.29. The third kappa shape index (κ3) is 2.37. The lowest BCUT2D eigenvalue weighted by atomic mass is 9.86. The molecular weight excluding hydrogens is 218 g/mol. The van der Waals surface area contributed by atoms with Crippen LogP contribution in [-0.4, -0.2) is 38.5 Å². The van der Waals surface area contributed by atoms with Crippen LogP contribution in [0.15, 0.2) is 18.2 Å². The van der Waals surface area contributed by atoms with E-state index in [1.165, 1.54) is 0 Å². The Labute approximate surface area is 102 Å². The van der Waals surface area contributed by atoms with Gasteiger partial charge in [0, 0.05) is 18.0 Å². The second kappa shape index (κ2) is 5.38. The molecule has 1 aromatic carbocycles. The summed E-state index contributed by atoms with van der Waals surface area (Å²) >= 11 is 0. The lowest BCUT2D eigenvalue weighted by Crippen LogP contribution is -2.39. The number of benzene rings is 1. The summed E-state index contributed by atoms with van der Waals surface area (Å²) in [5.41, 5.74) is 0.978. The van der Waals surface area contributed by atoms with E-state index in [4.69, 9.17) is 9.47 Å². The molecule has 1 aliphatic rings. The fraction of sp³-hybridized carbons (Fsp3) is 0.538. The number of methoxy groups -OCH3 is 2. The van der Waals surface area contributed by atoms with Crippen LogP contribution in [0.2, 0.25) is 0 Å². The predicted octanol–water partition coefficient (Wildman–Crippen LogP) is 1.14. The molecule has 1 aliphatic heterocycles. The first kappa shape index (κ1) is 12.2. The van der Waals surface area contributed by atoms with Crippen molar-refractivity contribution in [3.8, 4) is 11.5 Å². The number of aliphatic hydroxyl groups is 1. The first-order valence-corrected chi connectivity index (χ1v) is 5.87. The summed E-state index contributed by atoms with van der Waals surface area (Å²) in [4.78, 5) is 0. The van der Waals surface area contributed by atoms with E-state index in [1.807, 2.05) is 18.2 Å². The number of piperidine rings is 1. The number of rotatable bonds is 3. The lowest BCUT2D eigenvalue weighted by molar-refractivity contribution is 0.115. The molecule has 0 aliphatic carbocycles. The molecule has 0 bridgehead atoms. The van der Waals surface area contributed by atoms with Crippen LogP contribution in [0.5, 0.6) is 11.5 Å². The molecule has 4 heteroatoms.